The van der Waals surface area contributed by atoms with Gasteiger partial charge in [0.15, 0.2) is 5.03 Å². The molecule has 2 rings (SSSR count). The van der Waals surface area contributed by atoms with E-state index in [1.165, 1.54) is 16.6 Å². The second kappa shape index (κ2) is 3.33. The number of nitrogens with zero attached hydrogens (tertiary/aromatic N) is 2. The average Bonchev–Trinajstić information content (AvgIpc) is 3.01. The summed E-state index contributed by atoms with van der Waals surface area (Å²) in [4.78, 5) is 3.85. The molecule has 1 saturated carbocycles. The van der Waals surface area contributed by atoms with Gasteiger partial charge < -0.3 is 0 Å². The highest BCUT2D eigenvalue weighted by atomic mass is 32.2. The van der Waals surface area contributed by atoms with E-state index in [1.807, 2.05) is 0 Å². The summed E-state index contributed by atoms with van der Waals surface area (Å²) in [6.45, 7) is 0. The van der Waals surface area contributed by atoms with Crippen LogP contribution in [-0.2, 0) is 10.0 Å². The van der Waals surface area contributed by atoms with Crippen molar-refractivity contribution in [3.8, 4) is 0 Å². The maximum Gasteiger partial charge on any atom is 0.260 e. The molecule has 1 heterocycles. The van der Waals surface area contributed by atoms with Crippen LogP contribution in [0, 0.1) is 0 Å². The molecule has 0 saturated heterocycles. The molecule has 0 aliphatic heterocycles. The SMILES string of the molecule is CN(C1CC1)S(=O)(=O)c1ccccn1. The van der Waals surface area contributed by atoms with Crippen LogP contribution in [-0.4, -0.2) is 30.8 Å². The molecule has 0 bridgehead atoms. The maximum atomic E-state index is 11.9. The van der Waals surface area contributed by atoms with Crippen molar-refractivity contribution in [3.05, 3.63) is 24.4 Å². The van der Waals surface area contributed by atoms with Gasteiger partial charge in [-0.3, -0.25) is 0 Å². The number of aromatic nitrogens is 1. The van der Waals surface area contributed by atoms with Crippen molar-refractivity contribution in [3.63, 3.8) is 0 Å². The van der Waals surface area contributed by atoms with Crippen LogP contribution >= 0.6 is 0 Å². The van der Waals surface area contributed by atoms with Crippen LogP contribution in [0.15, 0.2) is 29.4 Å². The van der Waals surface area contributed by atoms with Gasteiger partial charge in [-0.2, -0.15) is 4.31 Å². The van der Waals surface area contributed by atoms with E-state index in [9.17, 15) is 8.42 Å². The van der Waals surface area contributed by atoms with E-state index in [0.717, 1.165) is 12.8 Å². The predicted octanol–water partition coefficient (Wildman–Crippen LogP) is 0.864. The summed E-state index contributed by atoms with van der Waals surface area (Å²) >= 11 is 0. The van der Waals surface area contributed by atoms with Gasteiger partial charge in [0.05, 0.1) is 0 Å². The molecule has 0 unspecified atom stereocenters. The highest BCUT2D eigenvalue weighted by molar-refractivity contribution is 7.89. The van der Waals surface area contributed by atoms with Crippen LogP contribution < -0.4 is 0 Å². The molecule has 76 valence electrons. The zero-order chi connectivity index (χ0) is 10.2. The minimum atomic E-state index is -3.35. The lowest BCUT2D eigenvalue weighted by molar-refractivity contribution is 0.461. The molecule has 5 heteroatoms. The Hall–Kier alpha value is -0.940. The first kappa shape index (κ1) is 9.61. The molecule has 0 atom stereocenters. The lowest BCUT2D eigenvalue weighted by Crippen LogP contribution is -2.29. The van der Waals surface area contributed by atoms with Gasteiger partial charge in [0.1, 0.15) is 0 Å². The number of hydrogen-bond donors (Lipinski definition) is 0. The third-order valence-electron chi connectivity index (χ3n) is 2.34. The minimum absolute atomic E-state index is 0.134. The van der Waals surface area contributed by atoms with Crippen LogP contribution in [0.25, 0.3) is 0 Å². The van der Waals surface area contributed by atoms with Gasteiger partial charge in [-0.05, 0) is 25.0 Å². The van der Waals surface area contributed by atoms with Crippen molar-refractivity contribution < 1.29 is 8.42 Å². The first-order valence-corrected chi connectivity index (χ1v) is 5.95. The minimum Gasteiger partial charge on any atom is -0.243 e. The molecule has 0 N–H and O–H groups in total. The number of sulfonamides is 1. The quantitative estimate of drug-likeness (QED) is 0.746. The Balaban J connectivity index is 2.32. The largest absolute Gasteiger partial charge is 0.260 e. The molecule has 1 fully saturated rings. The standard InChI is InChI=1S/C9H12N2O2S/c1-11(8-5-6-8)14(12,13)9-4-2-3-7-10-9/h2-4,7-8H,5-6H2,1H3. The first-order valence-electron chi connectivity index (χ1n) is 4.51. The fraction of sp³-hybridized carbons (Fsp3) is 0.444. The topological polar surface area (TPSA) is 50.3 Å². The van der Waals surface area contributed by atoms with Crippen molar-refractivity contribution >= 4 is 10.0 Å². The van der Waals surface area contributed by atoms with E-state index in [4.69, 9.17) is 0 Å². The van der Waals surface area contributed by atoms with E-state index in [2.05, 4.69) is 4.98 Å². The smallest absolute Gasteiger partial charge is 0.243 e. The predicted molar refractivity (Wildman–Crippen MR) is 52.2 cm³/mol. The molecule has 0 amide bonds. The van der Waals surface area contributed by atoms with Gasteiger partial charge >= 0.3 is 0 Å². The molecule has 1 aromatic heterocycles. The molecule has 1 aliphatic rings. The summed E-state index contributed by atoms with van der Waals surface area (Å²) in [7, 11) is -1.74. The van der Waals surface area contributed by atoms with E-state index < -0.39 is 10.0 Å². The van der Waals surface area contributed by atoms with Crippen LogP contribution in [0.5, 0.6) is 0 Å². The zero-order valence-electron chi connectivity index (χ0n) is 7.92. The summed E-state index contributed by atoms with van der Waals surface area (Å²) in [6, 6.07) is 5.09. The summed E-state index contributed by atoms with van der Waals surface area (Å²) in [6.07, 6.45) is 3.42. The molecule has 4 nitrogen and oxygen atoms in total. The molecular weight excluding hydrogens is 200 g/mol. The van der Waals surface area contributed by atoms with Gasteiger partial charge in [0.25, 0.3) is 10.0 Å². The Labute approximate surface area is 83.6 Å². The van der Waals surface area contributed by atoms with Crippen molar-refractivity contribution in [2.75, 3.05) is 7.05 Å². The van der Waals surface area contributed by atoms with E-state index in [0.29, 0.717) is 0 Å². The highest BCUT2D eigenvalue weighted by Gasteiger charge is 2.35. The maximum absolute atomic E-state index is 11.9. The lowest BCUT2D eigenvalue weighted by atomic mass is 10.5. The average molecular weight is 212 g/mol. The second-order valence-electron chi connectivity index (χ2n) is 3.42. The number of rotatable bonds is 3. The van der Waals surface area contributed by atoms with E-state index in [1.54, 1.807) is 19.2 Å². The molecule has 0 aromatic carbocycles. The fourth-order valence-electron chi connectivity index (χ4n) is 1.28. The van der Waals surface area contributed by atoms with Gasteiger partial charge in [0.2, 0.25) is 0 Å². The van der Waals surface area contributed by atoms with Crippen molar-refractivity contribution in [1.82, 2.24) is 9.29 Å². The third kappa shape index (κ3) is 1.65. The summed E-state index contributed by atoms with van der Waals surface area (Å²) in [5.74, 6) is 0. The first-order chi connectivity index (χ1) is 6.62. The Bertz CT molecular complexity index is 412. The number of pyridine rings is 1. The highest BCUT2D eigenvalue weighted by Crippen LogP contribution is 2.29. The van der Waals surface area contributed by atoms with Crippen LogP contribution in [0.2, 0.25) is 0 Å². The van der Waals surface area contributed by atoms with Gasteiger partial charge in [0, 0.05) is 19.3 Å². The molecule has 14 heavy (non-hydrogen) atoms. The van der Waals surface area contributed by atoms with Gasteiger partial charge in [-0.25, -0.2) is 13.4 Å². The monoisotopic (exact) mass is 212 g/mol. The van der Waals surface area contributed by atoms with Crippen LogP contribution in [0.4, 0.5) is 0 Å². The van der Waals surface area contributed by atoms with Crippen molar-refractivity contribution in [2.45, 2.75) is 23.9 Å². The van der Waals surface area contributed by atoms with Crippen molar-refractivity contribution in [2.24, 2.45) is 0 Å². The summed E-state index contributed by atoms with van der Waals surface area (Å²) in [5.41, 5.74) is 0. The van der Waals surface area contributed by atoms with E-state index in [-0.39, 0.29) is 11.1 Å². The molecule has 0 radical (unpaired) electrons. The fourth-order valence-corrected chi connectivity index (χ4v) is 2.62. The van der Waals surface area contributed by atoms with Crippen LogP contribution in [0.3, 0.4) is 0 Å². The lowest BCUT2D eigenvalue weighted by Gasteiger charge is -2.14. The second-order valence-corrected chi connectivity index (χ2v) is 5.36. The van der Waals surface area contributed by atoms with Crippen LogP contribution in [0.1, 0.15) is 12.8 Å². The molecule has 1 aromatic rings. The van der Waals surface area contributed by atoms with Crippen molar-refractivity contribution in [1.29, 1.82) is 0 Å². The molecule has 1 aliphatic carbocycles. The normalized spacial score (nSPS) is 17.3. The number of hydrogen-bond acceptors (Lipinski definition) is 3. The Kier molecular flexibility index (Phi) is 2.28. The Morgan fingerprint density at radius 3 is 2.64 bits per heavy atom. The van der Waals surface area contributed by atoms with E-state index >= 15 is 0 Å². The zero-order valence-corrected chi connectivity index (χ0v) is 8.74. The van der Waals surface area contributed by atoms with Gasteiger partial charge in [-0.1, -0.05) is 6.07 Å². The summed E-state index contributed by atoms with van der Waals surface area (Å²) in [5, 5.41) is 0.134. The molecule has 0 spiro atoms. The Morgan fingerprint density at radius 2 is 2.14 bits per heavy atom. The molecular formula is C9H12N2O2S. The Morgan fingerprint density at radius 1 is 1.43 bits per heavy atom. The third-order valence-corrected chi connectivity index (χ3v) is 4.17. The summed E-state index contributed by atoms with van der Waals surface area (Å²) < 4.78 is 25.2. The van der Waals surface area contributed by atoms with Gasteiger partial charge in [-0.15, -0.1) is 0 Å².